The van der Waals surface area contributed by atoms with Gasteiger partial charge < -0.3 is 4.90 Å². The third kappa shape index (κ3) is 4.26. The number of likely N-dealkylation sites (N-methyl/N-ethyl adjacent to an activating group) is 1. The van der Waals surface area contributed by atoms with Crippen LogP contribution < -0.4 is 0 Å². The van der Waals surface area contributed by atoms with Gasteiger partial charge in [0.05, 0.1) is 18.8 Å². The first-order valence-electron chi connectivity index (χ1n) is 10.3. The van der Waals surface area contributed by atoms with Crippen molar-refractivity contribution in [3.8, 4) is 17.2 Å². The van der Waals surface area contributed by atoms with Crippen LogP contribution in [0, 0.1) is 0 Å². The Morgan fingerprint density at radius 3 is 2.43 bits per heavy atom. The van der Waals surface area contributed by atoms with Crippen molar-refractivity contribution in [3.63, 3.8) is 0 Å². The number of aromatic nitrogens is 4. The monoisotopic (exact) mass is 404 g/mol. The van der Waals surface area contributed by atoms with E-state index in [1.807, 2.05) is 29.9 Å². The highest BCUT2D eigenvalue weighted by Crippen LogP contribution is 2.24. The SMILES string of the molecule is CN1CCN(Cc2nc(-c3ccccn3)nn2-c2ccc(C(C)(C)C)cc2)CC1=O. The van der Waals surface area contributed by atoms with E-state index in [-0.39, 0.29) is 11.3 Å². The number of carbonyl (C=O) groups excluding carboxylic acids is 1. The summed E-state index contributed by atoms with van der Waals surface area (Å²) in [6.45, 7) is 9.09. The molecule has 2 aromatic heterocycles. The van der Waals surface area contributed by atoms with Crippen LogP contribution in [0.2, 0.25) is 0 Å². The number of piperazine rings is 1. The zero-order valence-corrected chi connectivity index (χ0v) is 18.0. The first-order valence-corrected chi connectivity index (χ1v) is 10.3. The van der Waals surface area contributed by atoms with Crippen molar-refractivity contribution >= 4 is 5.91 Å². The maximum absolute atomic E-state index is 12.1. The zero-order chi connectivity index (χ0) is 21.3. The number of rotatable bonds is 4. The molecule has 0 N–H and O–H groups in total. The Balaban J connectivity index is 1.69. The Morgan fingerprint density at radius 2 is 1.80 bits per heavy atom. The molecule has 1 aliphatic heterocycles. The molecule has 0 bridgehead atoms. The molecule has 3 heterocycles. The van der Waals surface area contributed by atoms with E-state index in [9.17, 15) is 4.79 Å². The Bertz CT molecular complexity index is 1020. The van der Waals surface area contributed by atoms with E-state index in [0.717, 1.165) is 30.3 Å². The smallest absolute Gasteiger partial charge is 0.236 e. The van der Waals surface area contributed by atoms with Gasteiger partial charge in [0.25, 0.3) is 0 Å². The second-order valence-corrected chi connectivity index (χ2v) is 8.80. The average Bonchev–Trinajstić information content (AvgIpc) is 3.15. The van der Waals surface area contributed by atoms with Gasteiger partial charge in [-0.3, -0.25) is 14.7 Å². The Kier molecular flexibility index (Phi) is 5.39. The Hall–Kier alpha value is -3.06. The van der Waals surface area contributed by atoms with E-state index in [0.29, 0.717) is 18.9 Å². The van der Waals surface area contributed by atoms with Crippen LogP contribution >= 0.6 is 0 Å². The molecule has 1 fully saturated rings. The number of nitrogens with zero attached hydrogens (tertiary/aromatic N) is 6. The fraction of sp³-hybridized carbons (Fsp3) is 0.391. The second kappa shape index (κ2) is 7.99. The molecule has 1 aliphatic rings. The highest BCUT2D eigenvalue weighted by molar-refractivity contribution is 5.78. The number of hydrogen-bond donors (Lipinski definition) is 0. The van der Waals surface area contributed by atoms with Crippen molar-refractivity contribution in [1.82, 2.24) is 29.5 Å². The van der Waals surface area contributed by atoms with Crippen LogP contribution in [0.15, 0.2) is 48.7 Å². The van der Waals surface area contributed by atoms with Crippen LogP contribution in [0.4, 0.5) is 0 Å². The second-order valence-electron chi connectivity index (χ2n) is 8.80. The summed E-state index contributed by atoms with van der Waals surface area (Å²) in [5, 5.41) is 4.76. The minimum atomic E-state index is 0.0863. The van der Waals surface area contributed by atoms with Crippen LogP contribution in [-0.2, 0) is 16.8 Å². The molecular formula is C23H28N6O. The molecule has 1 aromatic carbocycles. The lowest BCUT2D eigenvalue weighted by atomic mass is 9.87. The van der Waals surface area contributed by atoms with Gasteiger partial charge in [0.1, 0.15) is 11.5 Å². The van der Waals surface area contributed by atoms with E-state index in [4.69, 9.17) is 10.1 Å². The summed E-state index contributed by atoms with van der Waals surface area (Å²) < 4.78 is 1.87. The van der Waals surface area contributed by atoms with Gasteiger partial charge >= 0.3 is 0 Å². The van der Waals surface area contributed by atoms with E-state index in [2.05, 4.69) is 54.9 Å². The molecule has 0 saturated carbocycles. The van der Waals surface area contributed by atoms with Crippen molar-refractivity contribution in [3.05, 3.63) is 60.0 Å². The fourth-order valence-corrected chi connectivity index (χ4v) is 3.50. The quantitative estimate of drug-likeness (QED) is 0.669. The maximum Gasteiger partial charge on any atom is 0.236 e. The third-order valence-electron chi connectivity index (χ3n) is 5.45. The number of pyridine rings is 1. The van der Waals surface area contributed by atoms with Gasteiger partial charge in [0.2, 0.25) is 11.7 Å². The molecule has 0 aliphatic carbocycles. The summed E-state index contributed by atoms with van der Waals surface area (Å²) in [5.41, 5.74) is 3.04. The molecule has 30 heavy (non-hydrogen) atoms. The maximum atomic E-state index is 12.1. The highest BCUT2D eigenvalue weighted by atomic mass is 16.2. The molecule has 156 valence electrons. The van der Waals surface area contributed by atoms with Gasteiger partial charge in [-0.05, 0) is 35.2 Å². The normalized spacial score (nSPS) is 15.6. The molecular weight excluding hydrogens is 376 g/mol. The van der Waals surface area contributed by atoms with Gasteiger partial charge in [-0.1, -0.05) is 39.0 Å². The number of carbonyl (C=O) groups is 1. The number of amides is 1. The fourth-order valence-electron chi connectivity index (χ4n) is 3.50. The van der Waals surface area contributed by atoms with Crippen LogP contribution in [0.5, 0.6) is 0 Å². The van der Waals surface area contributed by atoms with Gasteiger partial charge in [-0.15, -0.1) is 5.10 Å². The van der Waals surface area contributed by atoms with Crippen LogP contribution in [0.25, 0.3) is 17.2 Å². The van der Waals surface area contributed by atoms with Crippen LogP contribution in [-0.4, -0.2) is 62.1 Å². The number of hydrogen-bond acceptors (Lipinski definition) is 5. The third-order valence-corrected chi connectivity index (χ3v) is 5.45. The van der Waals surface area contributed by atoms with E-state index in [1.165, 1.54) is 5.56 Å². The summed E-state index contributed by atoms with van der Waals surface area (Å²) >= 11 is 0. The van der Waals surface area contributed by atoms with Crippen LogP contribution in [0.3, 0.4) is 0 Å². The van der Waals surface area contributed by atoms with Crippen molar-refractivity contribution in [1.29, 1.82) is 0 Å². The molecule has 0 atom stereocenters. The highest BCUT2D eigenvalue weighted by Gasteiger charge is 2.24. The minimum Gasteiger partial charge on any atom is -0.343 e. The van der Waals surface area contributed by atoms with E-state index < -0.39 is 0 Å². The molecule has 7 nitrogen and oxygen atoms in total. The summed E-state index contributed by atoms with van der Waals surface area (Å²) in [4.78, 5) is 25.2. The Labute approximate surface area is 177 Å². The van der Waals surface area contributed by atoms with E-state index in [1.54, 1.807) is 11.1 Å². The topological polar surface area (TPSA) is 67.2 Å². The van der Waals surface area contributed by atoms with Gasteiger partial charge in [-0.2, -0.15) is 0 Å². The predicted molar refractivity (Wildman–Crippen MR) is 116 cm³/mol. The standard InChI is InChI=1S/C23H28N6O/c1-23(2,3)17-8-10-18(11-9-17)29-20(15-28-14-13-27(4)21(30)16-28)25-22(26-29)19-7-5-6-12-24-19/h5-12H,13-16H2,1-4H3. The minimum absolute atomic E-state index is 0.0863. The molecule has 0 spiro atoms. The van der Waals surface area contributed by atoms with Gasteiger partial charge in [0.15, 0.2) is 0 Å². The lowest BCUT2D eigenvalue weighted by molar-refractivity contribution is -0.134. The summed E-state index contributed by atoms with van der Waals surface area (Å²) in [6.07, 6.45) is 1.74. The van der Waals surface area contributed by atoms with Crippen molar-refractivity contribution in [2.75, 3.05) is 26.7 Å². The largest absolute Gasteiger partial charge is 0.343 e. The summed E-state index contributed by atoms with van der Waals surface area (Å²) in [5.74, 6) is 1.52. The van der Waals surface area contributed by atoms with Gasteiger partial charge in [-0.25, -0.2) is 9.67 Å². The van der Waals surface area contributed by atoms with E-state index >= 15 is 0 Å². The first kappa shape index (κ1) is 20.2. The summed E-state index contributed by atoms with van der Waals surface area (Å²) in [7, 11) is 1.85. The summed E-state index contributed by atoms with van der Waals surface area (Å²) in [6, 6.07) is 14.2. The molecule has 3 aromatic rings. The molecule has 1 amide bonds. The van der Waals surface area contributed by atoms with Crippen molar-refractivity contribution in [2.45, 2.75) is 32.7 Å². The first-order chi connectivity index (χ1) is 14.3. The van der Waals surface area contributed by atoms with Crippen molar-refractivity contribution < 1.29 is 4.79 Å². The molecule has 7 heteroatoms. The van der Waals surface area contributed by atoms with Gasteiger partial charge in [0, 0.05) is 26.3 Å². The number of benzene rings is 1. The molecule has 0 unspecified atom stereocenters. The molecule has 1 saturated heterocycles. The predicted octanol–water partition coefficient (Wildman–Crippen LogP) is 2.90. The van der Waals surface area contributed by atoms with Crippen LogP contribution in [0.1, 0.15) is 32.2 Å². The zero-order valence-electron chi connectivity index (χ0n) is 18.0. The lowest BCUT2D eigenvalue weighted by Gasteiger charge is -2.31. The van der Waals surface area contributed by atoms with Crippen molar-refractivity contribution in [2.24, 2.45) is 0 Å². The lowest BCUT2D eigenvalue weighted by Crippen LogP contribution is -2.48. The molecule has 0 radical (unpaired) electrons. The average molecular weight is 405 g/mol. The Morgan fingerprint density at radius 1 is 1.03 bits per heavy atom. The molecule has 4 rings (SSSR count).